The Morgan fingerprint density at radius 1 is 1.00 bits per heavy atom. The molecule has 2 aliphatic rings. The molecule has 6 rings (SSSR count). The lowest BCUT2D eigenvalue weighted by Gasteiger charge is -2.32. The zero-order valence-corrected chi connectivity index (χ0v) is 20.9. The Morgan fingerprint density at radius 3 is 2.44 bits per heavy atom. The van der Waals surface area contributed by atoms with E-state index >= 15 is 0 Å². The molecule has 5 nitrogen and oxygen atoms in total. The van der Waals surface area contributed by atoms with Crippen LogP contribution in [0.2, 0.25) is 5.02 Å². The number of benzene rings is 2. The number of nitrogens with zero attached hydrogens (tertiary/aromatic N) is 4. The summed E-state index contributed by atoms with van der Waals surface area (Å²) in [5.41, 5.74) is 8.75. The fourth-order valence-corrected chi connectivity index (χ4v) is 5.39. The molecule has 3 heterocycles. The summed E-state index contributed by atoms with van der Waals surface area (Å²) in [5.74, 6) is 5.19. The predicted octanol–water partition coefficient (Wildman–Crippen LogP) is 6.29. The number of fused-ring (bicyclic) bond motifs is 1. The topological polar surface area (TPSA) is 57.7 Å². The van der Waals surface area contributed by atoms with Crippen molar-refractivity contribution in [3.8, 4) is 23.6 Å². The van der Waals surface area contributed by atoms with Crippen LogP contribution in [0.4, 0.5) is 5.82 Å². The number of anilines is 1. The van der Waals surface area contributed by atoms with Crippen molar-refractivity contribution in [2.45, 2.75) is 32.1 Å². The first kappa shape index (κ1) is 22.6. The molecule has 2 aromatic carbocycles. The number of hydrogen-bond donors (Lipinski definition) is 1. The fraction of sp³-hybridized carbons (Fsp3) is 0.233. The van der Waals surface area contributed by atoms with E-state index in [2.05, 4.69) is 45.9 Å². The van der Waals surface area contributed by atoms with Gasteiger partial charge < -0.3 is 9.88 Å². The van der Waals surface area contributed by atoms with Crippen LogP contribution in [0.25, 0.3) is 22.9 Å². The number of imidazole rings is 1. The molecule has 36 heavy (non-hydrogen) atoms. The van der Waals surface area contributed by atoms with Gasteiger partial charge in [-0.05, 0) is 61.2 Å². The Morgan fingerprint density at radius 2 is 1.72 bits per heavy atom. The maximum absolute atomic E-state index is 6.06. The van der Waals surface area contributed by atoms with Crippen LogP contribution in [0.3, 0.4) is 0 Å². The summed E-state index contributed by atoms with van der Waals surface area (Å²) < 4.78 is 0. The summed E-state index contributed by atoms with van der Waals surface area (Å²) in [4.78, 5) is 20.2. The number of H-pyrrole nitrogens is 1. The molecule has 1 aliphatic heterocycles. The maximum atomic E-state index is 6.06. The molecule has 0 atom stereocenters. The molecule has 2 aromatic heterocycles. The lowest BCUT2D eigenvalue weighted by Crippen LogP contribution is -2.34. The number of aromatic nitrogens is 4. The van der Waals surface area contributed by atoms with Crippen LogP contribution in [0, 0.1) is 19.3 Å². The Labute approximate surface area is 216 Å². The summed E-state index contributed by atoms with van der Waals surface area (Å²) in [5, 5.41) is 0.736. The summed E-state index contributed by atoms with van der Waals surface area (Å²) in [6.45, 7) is 3.96. The number of rotatable bonds is 4. The highest BCUT2D eigenvalue weighted by atomic mass is 35.5. The highest BCUT2D eigenvalue weighted by Crippen LogP contribution is 2.37. The van der Waals surface area contributed by atoms with Gasteiger partial charge in [-0.25, -0.2) is 15.0 Å². The summed E-state index contributed by atoms with van der Waals surface area (Å²) in [6, 6.07) is 16.0. The largest absolute Gasteiger partial charge is 0.356 e. The van der Waals surface area contributed by atoms with E-state index < -0.39 is 0 Å². The molecule has 1 saturated heterocycles. The van der Waals surface area contributed by atoms with Gasteiger partial charge in [-0.1, -0.05) is 41.8 Å². The first-order valence-corrected chi connectivity index (χ1v) is 12.7. The molecule has 0 bridgehead atoms. The third-order valence-electron chi connectivity index (χ3n) is 7.25. The van der Waals surface area contributed by atoms with Gasteiger partial charge in [-0.15, -0.1) is 6.42 Å². The second-order valence-corrected chi connectivity index (χ2v) is 9.93. The molecule has 0 saturated carbocycles. The summed E-state index contributed by atoms with van der Waals surface area (Å²) >= 11 is 6.06. The van der Waals surface area contributed by atoms with E-state index in [0.29, 0.717) is 5.92 Å². The van der Waals surface area contributed by atoms with Crippen LogP contribution in [0.5, 0.6) is 0 Å². The normalized spacial score (nSPS) is 15.5. The Hall–Kier alpha value is -3.88. The van der Waals surface area contributed by atoms with Crippen LogP contribution < -0.4 is 4.90 Å². The van der Waals surface area contributed by atoms with E-state index in [4.69, 9.17) is 28.0 Å². The quantitative estimate of drug-likeness (QED) is 0.341. The van der Waals surface area contributed by atoms with Gasteiger partial charge in [0, 0.05) is 52.8 Å². The highest BCUT2D eigenvalue weighted by molar-refractivity contribution is 6.30. The second-order valence-electron chi connectivity index (χ2n) is 9.49. The van der Waals surface area contributed by atoms with Crippen molar-refractivity contribution in [3.05, 3.63) is 93.8 Å². The lowest BCUT2D eigenvalue weighted by atomic mass is 9.96. The van der Waals surface area contributed by atoms with E-state index in [1.807, 2.05) is 36.4 Å². The van der Waals surface area contributed by atoms with Crippen LogP contribution in [0.15, 0.2) is 54.9 Å². The van der Waals surface area contributed by atoms with Crippen LogP contribution in [0.1, 0.15) is 52.7 Å². The zero-order valence-electron chi connectivity index (χ0n) is 20.1. The average molecular weight is 492 g/mol. The van der Waals surface area contributed by atoms with E-state index in [9.17, 15) is 0 Å². The number of allylic oxidation sites excluding steroid dienone is 1. The molecule has 1 N–H and O–H groups in total. The predicted molar refractivity (Wildman–Crippen MR) is 146 cm³/mol. The number of aryl methyl sites for hydroxylation is 1. The van der Waals surface area contributed by atoms with Gasteiger partial charge in [0.05, 0.1) is 11.4 Å². The van der Waals surface area contributed by atoms with Gasteiger partial charge in [0.25, 0.3) is 0 Å². The number of halogens is 1. The van der Waals surface area contributed by atoms with Gasteiger partial charge >= 0.3 is 0 Å². The van der Waals surface area contributed by atoms with Crippen molar-refractivity contribution in [1.82, 2.24) is 19.9 Å². The van der Waals surface area contributed by atoms with Crippen molar-refractivity contribution < 1.29 is 0 Å². The first-order valence-electron chi connectivity index (χ1n) is 12.3. The lowest BCUT2D eigenvalue weighted by molar-refractivity contribution is 0.486. The number of aromatic amines is 1. The van der Waals surface area contributed by atoms with Crippen LogP contribution >= 0.6 is 11.6 Å². The number of terminal acetylenes is 1. The maximum Gasteiger partial charge on any atom is 0.139 e. The fourth-order valence-electron chi connectivity index (χ4n) is 5.26. The Balaban J connectivity index is 1.19. The van der Waals surface area contributed by atoms with Gasteiger partial charge in [0.2, 0.25) is 0 Å². The number of piperidine rings is 1. The molecule has 1 aliphatic carbocycles. The zero-order chi connectivity index (χ0) is 24.6. The van der Waals surface area contributed by atoms with E-state index in [1.165, 1.54) is 11.1 Å². The standard InChI is InChI=1S/C30H26ClN5/c1-3-20-4-6-21(7-5-20)24-16-26-27(17-24)32-18-33-30(26)36-14-12-23(13-15-36)29-34-19(2)28(35-29)22-8-10-25(31)11-9-22/h1,4-11,16,18,23H,12-15,17H2,2H3,(H,34,35). The van der Waals surface area contributed by atoms with Crippen molar-refractivity contribution in [2.24, 2.45) is 0 Å². The van der Waals surface area contributed by atoms with E-state index in [0.717, 1.165) is 82.8 Å². The van der Waals surface area contributed by atoms with E-state index in [1.54, 1.807) is 6.33 Å². The minimum Gasteiger partial charge on any atom is -0.356 e. The third kappa shape index (κ3) is 4.19. The molecule has 0 spiro atoms. The molecule has 178 valence electrons. The SMILES string of the molecule is C#Cc1ccc(C2=Cc3c(ncnc3N3CCC(c4nc(-c5ccc(Cl)cc5)c(C)[nH]4)CC3)C2)cc1. The highest BCUT2D eigenvalue weighted by Gasteiger charge is 2.28. The Kier molecular flexibility index (Phi) is 5.83. The summed E-state index contributed by atoms with van der Waals surface area (Å²) in [7, 11) is 0. The number of nitrogens with one attached hydrogen (secondary N) is 1. The molecule has 4 aromatic rings. The van der Waals surface area contributed by atoms with Crippen molar-refractivity contribution in [2.75, 3.05) is 18.0 Å². The van der Waals surface area contributed by atoms with Gasteiger partial charge in [-0.2, -0.15) is 0 Å². The van der Waals surface area contributed by atoms with Crippen molar-refractivity contribution in [1.29, 1.82) is 0 Å². The third-order valence-corrected chi connectivity index (χ3v) is 7.50. The second kappa shape index (κ2) is 9.29. The molecule has 0 amide bonds. The van der Waals surface area contributed by atoms with E-state index in [-0.39, 0.29) is 0 Å². The molecular formula is C30H26ClN5. The van der Waals surface area contributed by atoms with Gasteiger partial charge in [-0.3, -0.25) is 0 Å². The van der Waals surface area contributed by atoms with Gasteiger partial charge in [0.1, 0.15) is 18.0 Å². The molecular weight excluding hydrogens is 466 g/mol. The summed E-state index contributed by atoms with van der Waals surface area (Å²) in [6.07, 6.45) is 12.3. The van der Waals surface area contributed by atoms with Crippen LogP contribution in [-0.2, 0) is 6.42 Å². The average Bonchev–Trinajstić information content (AvgIpc) is 3.53. The molecule has 0 radical (unpaired) electrons. The smallest absolute Gasteiger partial charge is 0.139 e. The molecule has 6 heteroatoms. The van der Waals surface area contributed by atoms with Crippen molar-refractivity contribution in [3.63, 3.8) is 0 Å². The minimum absolute atomic E-state index is 0.400. The Bertz CT molecular complexity index is 1480. The van der Waals surface area contributed by atoms with Gasteiger partial charge in [0.15, 0.2) is 0 Å². The monoisotopic (exact) mass is 491 g/mol. The first-order chi connectivity index (χ1) is 17.6. The molecule has 1 fully saturated rings. The van der Waals surface area contributed by atoms with Crippen LogP contribution in [-0.4, -0.2) is 33.0 Å². The number of hydrogen-bond acceptors (Lipinski definition) is 4. The minimum atomic E-state index is 0.400. The molecule has 0 unspecified atom stereocenters. The van der Waals surface area contributed by atoms with Crippen molar-refractivity contribution >= 4 is 29.1 Å².